The number of methoxy groups -OCH3 is 2. The number of anilines is 1. The van der Waals surface area contributed by atoms with Gasteiger partial charge in [0, 0.05) is 5.69 Å². The summed E-state index contributed by atoms with van der Waals surface area (Å²) in [5.41, 5.74) is 5.74. The molecule has 5 atom stereocenters. The number of hydrogen-bond acceptors (Lipinski definition) is 5. The Morgan fingerprint density at radius 3 is 2.33 bits per heavy atom. The van der Waals surface area contributed by atoms with Crippen LogP contribution in [0, 0.1) is 24.7 Å². The van der Waals surface area contributed by atoms with E-state index in [0.717, 1.165) is 11.3 Å². The molecule has 0 unspecified atom stereocenters. The first-order valence-electron chi connectivity index (χ1n) is 10.7. The number of nitrogens with one attached hydrogen (secondary N) is 1. The molecule has 1 N–H and O–H groups in total. The van der Waals surface area contributed by atoms with Crippen LogP contribution in [0.5, 0.6) is 0 Å². The first-order valence-corrected chi connectivity index (χ1v) is 10.7. The van der Waals surface area contributed by atoms with Crippen molar-refractivity contribution in [2.24, 2.45) is 17.8 Å². The van der Waals surface area contributed by atoms with E-state index in [1.54, 1.807) is 0 Å². The van der Waals surface area contributed by atoms with Crippen molar-refractivity contribution < 1.29 is 19.1 Å². The monoisotopic (exact) mass is 405 g/mol. The third-order valence-corrected chi connectivity index (χ3v) is 7.62. The highest BCUT2D eigenvalue weighted by molar-refractivity contribution is 5.93. The predicted molar refractivity (Wildman–Crippen MR) is 114 cm³/mol. The summed E-state index contributed by atoms with van der Waals surface area (Å²) in [6, 6.07) is 12.0. The van der Waals surface area contributed by atoms with Crippen LogP contribution in [0.1, 0.15) is 68.6 Å². The third kappa shape index (κ3) is 2.75. The van der Waals surface area contributed by atoms with Crippen molar-refractivity contribution in [2.45, 2.75) is 38.1 Å². The van der Waals surface area contributed by atoms with Crippen LogP contribution >= 0.6 is 0 Å². The van der Waals surface area contributed by atoms with Gasteiger partial charge in [0.05, 0.1) is 31.4 Å². The highest BCUT2D eigenvalue weighted by Gasteiger charge is 2.54. The molecule has 2 bridgehead atoms. The van der Waals surface area contributed by atoms with Gasteiger partial charge in [0.2, 0.25) is 0 Å². The molecular formula is C25H27NO4. The molecule has 2 aromatic rings. The van der Waals surface area contributed by atoms with Crippen LogP contribution in [0.2, 0.25) is 0 Å². The highest BCUT2D eigenvalue weighted by Crippen LogP contribution is 2.64. The van der Waals surface area contributed by atoms with Gasteiger partial charge < -0.3 is 14.8 Å². The molecule has 3 aliphatic rings. The van der Waals surface area contributed by atoms with Crippen molar-refractivity contribution in [3.63, 3.8) is 0 Å². The molecule has 5 nitrogen and oxygen atoms in total. The maximum atomic E-state index is 12.3. The van der Waals surface area contributed by atoms with E-state index < -0.39 is 0 Å². The van der Waals surface area contributed by atoms with Gasteiger partial charge in [-0.05, 0) is 84.7 Å². The van der Waals surface area contributed by atoms with Gasteiger partial charge in [0.15, 0.2) is 0 Å². The second-order valence-corrected chi connectivity index (χ2v) is 8.87. The first-order chi connectivity index (χ1) is 14.5. The Bertz CT molecular complexity index is 1010. The Hall–Kier alpha value is -2.82. The topological polar surface area (TPSA) is 64.6 Å². The second kappa shape index (κ2) is 7.15. The van der Waals surface area contributed by atoms with Gasteiger partial charge in [0.25, 0.3) is 0 Å². The Labute approximate surface area is 176 Å². The number of rotatable bonds is 3. The normalized spacial score (nSPS) is 28.3. The summed E-state index contributed by atoms with van der Waals surface area (Å²) in [4.78, 5) is 24.1. The zero-order chi connectivity index (χ0) is 21.0. The number of carbonyl (C=O) groups is 2. The fourth-order valence-corrected chi connectivity index (χ4v) is 6.31. The summed E-state index contributed by atoms with van der Waals surface area (Å²) in [7, 11) is 2.82. The summed E-state index contributed by atoms with van der Waals surface area (Å²) < 4.78 is 9.83. The molecule has 2 aromatic carbocycles. The fraction of sp³-hybridized carbons (Fsp3) is 0.440. The number of benzene rings is 2. The predicted octanol–water partition coefficient (Wildman–Crippen LogP) is 4.86. The molecular weight excluding hydrogens is 378 g/mol. The lowest BCUT2D eigenvalue weighted by molar-refractivity contribution is 0.0591. The van der Waals surface area contributed by atoms with E-state index in [-0.39, 0.29) is 18.0 Å². The summed E-state index contributed by atoms with van der Waals surface area (Å²) in [6.07, 6.45) is 3.86. The Balaban J connectivity index is 1.59. The molecule has 156 valence electrons. The second-order valence-electron chi connectivity index (χ2n) is 8.87. The number of esters is 2. The molecule has 1 aliphatic heterocycles. The van der Waals surface area contributed by atoms with Crippen LogP contribution in [0.15, 0.2) is 36.4 Å². The minimum atomic E-state index is -0.320. The molecule has 0 aromatic heterocycles. The fourth-order valence-electron chi connectivity index (χ4n) is 6.31. The van der Waals surface area contributed by atoms with Gasteiger partial charge >= 0.3 is 11.9 Å². The molecule has 2 fully saturated rings. The van der Waals surface area contributed by atoms with Gasteiger partial charge in [-0.3, -0.25) is 0 Å². The quantitative estimate of drug-likeness (QED) is 0.739. The SMILES string of the molecule is COC(=O)c1ccc([C@@H]2Nc3c(ccc(C(=O)OC)c3C)[C@H]3[C@H]4CC[C@@H](C4)[C@@H]32)cc1. The van der Waals surface area contributed by atoms with Crippen molar-refractivity contribution in [1.29, 1.82) is 0 Å². The van der Waals surface area contributed by atoms with Crippen LogP contribution in [0.3, 0.4) is 0 Å². The van der Waals surface area contributed by atoms with E-state index in [0.29, 0.717) is 34.8 Å². The number of ether oxygens (including phenoxy) is 2. The van der Waals surface area contributed by atoms with E-state index >= 15 is 0 Å². The van der Waals surface area contributed by atoms with Crippen molar-refractivity contribution in [1.82, 2.24) is 0 Å². The van der Waals surface area contributed by atoms with Gasteiger partial charge in [-0.2, -0.15) is 0 Å². The lowest BCUT2D eigenvalue weighted by Crippen LogP contribution is -2.36. The third-order valence-electron chi connectivity index (χ3n) is 7.62. The van der Waals surface area contributed by atoms with E-state index in [1.807, 2.05) is 37.3 Å². The average Bonchev–Trinajstić information content (AvgIpc) is 3.41. The van der Waals surface area contributed by atoms with E-state index in [1.165, 1.54) is 44.6 Å². The van der Waals surface area contributed by atoms with Crippen LogP contribution in [-0.4, -0.2) is 26.2 Å². The van der Waals surface area contributed by atoms with E-state index in [4.69, 9.17) is 9.47 Å². The molecule has 2 aliphatic carbocycles. The van der Waals surface area contributed by atoms with E-state index in [9.17, 15) is 9.59 Å². The molecule has 0 saturated heterocycles. The summed E-state index contributed by atoms with van der Waals surface area (Å²) in [5, 5.41) is 3.80. The van der Waals surface area contributed by atoms with Crippen LogP contribution in [0.25, 0.3) is 0 Å². The van der Waals surface area contributed by atoms with E-state index in [2.05, 4.69) is 11.4 Å². The van der Waals surface area contributed by atoms with Crippen molar-refractivity contribution in [3.8, 4) is 0 Å². The molecule has 30 heavy (non-hydrogen) atoms. The Morgan fingerprint density at radius 2 is 1.63 bits per heavy atom. The maximum absolute atomic E-state index is 12.3. The van der Waals surface area contributed by atoms with Crippen molar-refractivity contribution in [2.75, 3.05) is 19.5 Å². The van der Waals surface area contributed by atoms with Gasteiger partial charge in [-0.25, -0.2) is 9.59 Å². The smallest absolute Gasteiger partial charge is 0.338 e. The zero-order valence-corrected chi connectivity index (χ0v) is 17.6. The Morgan fingerprint density at radius 1 is 0.933 bits per heavy atom. The van der Waals surface area contributed by atoms with Crippen molar-refractivity contribution >= 4 is 17.6 Å². The lowest BCUT2D eigenvalue weighted by Gasteiger charge is -2.44. The number of hydrogen-bond donors (Lipinski definition) is 1. The number of carbonyl (C=O) groups excluding carboxylic acids is 2. The molecule has 5 heteroatoms. The van der Waals surface area contributed by atoms with Crippen LogP contribution in [-0.2, 0) is 9.47 Å². The molecule has 0 amide bonds. The largest absolute Gasteiger partial charge is 0.465 e. The summed E-state index contributed by atoms with van der Waals surface area (Å²) in [6.45, 7) is 2.00. The zero-order valence-electron chi connectivity index (χ0n) is 17.6. The minimum Gasteiger partial charge on any atom is -0.465 e. The minimum absolute atomic E-state index is 0.163. The summed E-state index contributed by atoms with van der Waals surface area (Å²) >= 11 is 0. The van der Waals surface area contributed by atoms with Crippen molar-refractivity contribution in [3.05, 3.63) is 64.2 Å². The maximum Gasteiger partial charge on any atom is 0.338 e. The molecule has 2 saturated carbocycles. The van der Waals surface area contributed by atoms with Gasteiger partial charge in [0.1, 0.15) is 0 Å². The van der Waals surface area contributed by atoms with Gasteiger partial charge in [-0.15, -0.1) is 0 Å². The van der Waals surface area contributed by atoms with Crippen LogP contribution < -0.4 is 5.32 Å². The molecule has 5 rings (SSSR count). The molecule has 1 heterocycles. The standard InChI is InChI=1S/C25H27NO4/c1-13-18(25(28)30-3)10-11-19-20-16-8-9-17(12-16)21(20)23(26-22(13)19)14-4-6-15(7-5-14)24(27)29-2/h4-7,10-11,16-17,20-21,23,26H,8-9,12H2,1-3H3/t16-,17-,20+,21-,23-/m0/s1. The highest BCUT2D eigenvalue weighted by atomic mass is 16.5. The molecule has 0 spiro atoms. The summed E-state index contributed by atoms with van der Waals surface area (Å²) in [5.74, 6) is 1.85. The van der Waals surface area contributed by atoms with Gasteiger partial charge in [-0.1, -0.05) is 18.2 Å². The van der Waals surface area contributed by atoms with Crippen LogP contribution in [0.4, 0.5) is 5.69 Å². The average molecular weight is 405 g/mol. The Kier molecular flexibility index (Phi) is 4.57. The molecule has 0 radical (unpaired) electrons. The lowest BCUT2D eigenvalue weighted by atomic mass is 9.67. The first kappa shape index (κ1) is 19.2. The number of fused-ring (bicyclic) bond motifs is 7.